The van der Waals surface area contributed by atoms with Gasteiger partial charge in [-0.05, 0) is 83.0 Å². The van der Waals surface area contributed by atoms with Gasteiger partial charge in [0.15, 0.2) is 5.65 Å². The second kappa shape index (κ2) is 10.2. The first-order chi connectivity index (χ1) is 15.3. The van der Waals surface area contributed by atoms with E-state index in [4.69, 9.17) is 0 Å². The SMILES string of the molecule is CC.CC(=Nc1c(C)cc(-c2cc(C)c3nc(C)cn3n2)cc1F)N(C)C1CCNCC1. The molecule has 1 N–H and O–H groups in total. The molecule has 32 heavy (non-hydrogen) atoms. The van der Waals surface area contributed by atoms with Crippen LogP contribution in [0.5, 0.6) is 0 Å². The van der Waals surface area contributed by atoms with Crippen molar-refractivity contribution in [3.63, 3.8) is 0 Å². The van der Waals surface area contributed by atoms with Crippen molar-refractivity contribution < 1.29 is 4.39 Å². The van der Waals surface area contributed by atoms with Crippen molar-refractivity contribution in [2.24, 2.45) is 4.99 Å². The van der Waals surface area contributed by atoms with Gasteiger partial charge in [0.1, 0.15) is 17.3 Å². The van der Waals surface area contributed by atoms with E-state index < -0.39 is 0 Å². The number of aryl methyl sites for hydroxylation is 3. The molecule has 0 bridgehead atoms. The molecule has 1 aliphatic heterocycles. The van der Waals surface area contributed by atoms with Crippen molar-refractivity contribution in [2.75, 3.05) is 20.1 Å². The molecule has 0 atom stereocenters. The van der Waals surface area contributed by atoms with Crippen LogP contribution in [0.4, 0.5) is 10.1 Å². The lowest BCUT2D eigenvalue weighted by Gasteiger charge is -2.33. The molecule has 2 aromatic heterocycles. The van der Waals surface area contributed by atoms with Gasteiger partial charge in [-0.1, -0.05) is 13.8 Å². The Balaban J connectivity index is 0.00000141. The number of imidazole rings is 1. The average Bonchev–Trinajstić information content (AvgIpc) is 3.18. The zero-order chi connectivity index (χ0) is 23.4. The molecule has 0 radical (unpaired) electrons. The molecule has 3 heterocycles. The molecule has 4 rings (SSSR count). The number of piperidine rings is 1. The van der Waals surface area contributed by atoms with Crippen molar-refractivity contribution in [1.82, 2.24) is 24.8 Å². The largest absolute Gasteiger partial charge is 0.360 e. The quantitative estimate of drug-likeness (QED) is 0.450. The Bertz CT molecular complexity index is 1090. The Morgan fingerprint density at radius 3 is 2.47 bits per heavy atom. The highest BCUT2D eigenvalue weighted by atomic mass is 19.1. The van der Waals surface area contributed by atoms with Crippen LogP contribution in [0, 0.1) is 26.6 Å². The van der Waals surface area contributed by atoms with Gasteiger partial charge in [0, 0.05) is 18.7 Å². The normalized spacial score (nSPS) is 14.9. The molecule has 0 spiro atoms. The summed E-state index contributed by atoms with van der Waals surface area (Å²) in [5.74, 6) is 0.505. The van der Waals surface area contributed by atoms with Crippen LogP contribution in [-0.2, 0) is 0 Å². The second-order valence-electron chi connectivity index (χ2n) is 8.24. The molecule has 7 heteroatoms. The van der Waals surface area contributed by atoms with E-state index in [2.05, 4.69) is 25.3 Å². The van der Waals surface area contributed by atoms with Crippen molar-refractivity contribution in [3.8, 4) is 11.3 Å². The van der Waals surface area contributed by atoms with E-state index in [-0.39, 0.29) is 5.82 Å². The Morgan fingerprint density at radius 2 is 1.81 bits per heavy atom. The smallest absolute Gasteiger partial charge is 0.156 e. The Kier molecular flexibility index (Phi) is 7.61. The van der Waals surface area contributed by atoms with Crippen LogP contribution in [0.15, 0.2) is 29.4 Å². The lowest BCUT2D eigenvalue weighted by Crippen LogP contribution is -2.43. The molecule has 3 aromatic rings. The fraction of sp³-hybridized carbons (Fsp3) is 0.480. The maximum absolute atomic E-state index is 15.1. The van der Waals surface area contributed by atoms with Gasteiger partial charge in [-0.3, -0.25) is 0 Å². The van der Waals surface area contributed by atoms with Crippen molar-refractivity contribution in [1.29, 1.82) is 0 Å². The van der Waals surface area contributed by atoms with Gasteiger partial charge in [0.05, 0.1) is 17.6 Å². The summed E-state index contributed by atoms with van der Waals surface area (Å²) in [5, 5.41) is 8.00. The number of hydrogen-bond acceptors (Lipinski definition) is 4. The molecule has 1 aliphatic rings. The molecule has 172 valence electrons. The fourth-order valence-electron chi connectivity index (χ4n) is 4.11. The van der Waals surface area contributed by atoms with E-state index in [9.17, 15) is 0 Å². The van der Waals surface area contributed by atoms with Crippen LogP contribution in [0.25, 0.3) is 16.9 Å². The van der Waals surface area contributed by atoms with Gasteiger partial charge in [-0.25, -0.2) is 18.9 Å². The van der Waals surface area contributed by atoms with E-state index in [1.807, 2.05) is 66.9 Å². The molecule has 1 saturated heterocycles. The number of rotatable bonds is 3. The van der Waals surface area contributed by atoms with Crippen molar-refractivity contribution in [2.45, 2.75) is 60.4 Å². The molecule has 1 aromatic carbocycles. The third kappa shape index (κ3) is 4.99. The highest BCUT2D eigenvalue weighted by Crippen LogP contribution is 2.30. The lowest BCUT2D eigenvalue weighted by molar-refractivity contribution is 0.288. The van der Waals surface area contributed by atoms with Crippen LogP contribution >= 0.6 is 0 Å². The summed E-state index contributed by atoms with van der Waals surface area (Å²) in [5.41, 5.74) is 5.39. The number of amidine groups is 1. The third-order valence-electron chi connectivity index (χ3n) is 5.92. The zero-order valence-corrected chi connectivity index (χ0v) is 20.3. The summed E-state index contributed by atoms with van der Waals surface area (Å²) in [4.78, 5) is 11.3. The summed E-state index contributed by atoms with van der Waals surface area (Å²) in [6.07, 6.45) is 4.03. The molecule has 0 amide bonds. The molecule has 0 aliphatic carbocycles. The van der Waals surface area contributed by atoms with E-state index in [0.29, 0.717) is 11.7 Å². The topological polar surface area (TPSA) is 57.8 Å². The van der Waals surface area contributed by atoms with Gasteiger partial charge in [0.2, 0.25) is 0 Å². The standard InChI is InChI=1S/C23H29FN6.C2H6/c1-14-10-18(21-11-15(2)23-26-16(3)13-30(23)28-21)12-20(24)22(14)27-17(4)29(5)19-6-8-25-9-7-19;1-2/h10-13,19,25H,6-9H2,1-5H3;1-2H3. The van der Waals surface area contributed by atoms with Gasteiger partial charge >= 0.3 is 0 Å². The summed E-state index contributed by atoms with van der Waals surface area (Å²) in [7, 11) is 2.05. The number of aliphatic imine (C=N–C) groups is 1. The number of aromatic nitrogens is 3. The van der Waals surface area contributed by atoms with Gasteiger partial charge in [0.25, 0.3) is 0 Å². The number of benzene rings is 1. The predicted molar refractivity (Wildman–Crippen MR) is 130 cm³/mol. The predicted octanol–water partition coefficient (Wildman–Crippen LogP) is 5.22. The number of fused-ring (bicyclic) bond motifs is 1. The van der Waals surface area contributed by atoms with E-state index in [1.165, 1.54) is 6.07 Å². The molecule has 1 fully saturated rings. The maximum Gasteiger partial charge on any atom is 0.156 e. The van der Waals surface area contributed by atoms with Crippen LogP contribution in [0.2, 0.25) is 0 Å². The fourth-order valence-corrected chi connectivity index (χ4v) is 4.11. The van der Waals surface area contributed by atoms with Gasteiger partial charge < -0.3 is 10.2 Å². The number of nitrogens with one attached hydrogen (secondary N) is 1. The number of halogens is 1. The van der Waals surface area contributed by atoms with Crippen LogP contribution < -0.4 is 5.32 Å². The molecule has 0 saturated carbocycles. The Hall–Kier alpha value is -2.80. The Labute approximate surface area is 190 Å². The molecule has 0 unspecified atom stereocenters. The average molecular weight is 439 g/mol. The zero-order valence-electron chi connectivity index (χ0n) is 20.3. The summed E-state index contributed by atoms with van der Waals surface area (Å²) in [6.45, 7) is 13.8. The molecule has 6 nitrogen and oxygen atoms in total. The first-order valence-corrected chi connectivity index (χ1v) is 11.5. The lowest BCUT2D eigenvalue weighted by atomic mass is 10.0. The minimum atomic E-state index is -0.329. The summed E-state index contributed by atoms with van der Waals surface area (Å²) in [6, 6.07) is 5.88. The number of nitrogens with zero attached hydrogens (tertiary/aromatic N) is 5. The summed E-state index contributed by atoms with van der Waals surface area (Å²) >= 11 is 0. The van der Waals surface area contributed by atoms with Crippen LogP contribution in [-0.4, -0.2) is 51.5 Å². The molecular weight excluding hydrogens is 403 g/mol. The monoisotopic (exact) mass is 438 g/mol. The van der Waals surface area contributed by atoms with Crippen LogP contribution in [0.1, 0.15) is 50.4 Å². The van der Waals surface area contributed by atoms with E-state index >= 15 is 4.39 Å². The summed E-state index contributed by atoms with van der Waals surface area (Å²) < 4.78 is 16.9. The minimum absolute atomic E-state index is 0.329. The van der Waals surface area contributed by atoms with Crippen molar-refractivity contribution >= 4 is 17.2 Å². The molecular formula is C25H35FN6. The second-order valence-corrected chi connectivity index (χ2v) is 8.24. The Morgan fingerprint density at radius 1 is 1.12 bits per heavy atom. The maximum atomic E-state index is 15.1. The first-order valence-electron chi connectivity index (χ1n) is 11.5. The van der Waals surface area contributed by atoms with Crippen LogP contribution in [0.3, 0.4) is 0 Å². The number of hydrogen-bond donors (Lipinski definition) is 1. The first kappa shape index (κ1) is 23.9. The highest BCUT2D eigenvalue weighted by molar-refractivity contribution is 5.83. The highest BCUT2D eigenvalue weighted by Gasteiger charge is 2.19. The third-order valence-corrected chi connectivity index (χ3v) is 5.92. The van der Waals surface area contributed by atoms with Crippen molar-refractivity contribution in [3.05, 3.63) is 47.0 Å². The van der Waals surface area contributed by atoms with E-state index in [0.717, 1.165) is 65.5 Å². The van der Waals surface area contributed by atoms with E-state index in [1.54, 1.807) is 4.52 Å². The van der Waals surface area contributed by atoms with Gasteiger partial charge in [-0.2, -0.15) is 5.10 Å². The van der Waals surface area contributed by atoms with Gasteiger partial charge in [-0.15, -0.1) is 0 Å². The minimum Gasteiger partial charge on any atom is -0.360 e.